The summed E-state index contributed by atoms with van der Waals surface area (Å²) in [6.45, 7) is 4.10. The normalized spacial score (nSPS) is 19.5. The second-order valence-electron chi connectivity index (χ2n) is 11.8. The Balaban J connectivity index is 1.51. The van der Waals surface area contributed by atoms with E-state index in [0.717, 1.165) is 5.56 Å². The number of nitrogens with zero attached hydrogens (tertiary/aromatic N) is 3. The molecule has 13 heteroatoms. The number of para-hydroxylation sites is 1. The van der Waals surface area contributed by atoms with Gasteiger partial charge in [-0.1, -0.05) is 60.7 Å². The van der Waals surface area contributed by atoms with Crippen LogP contribution in [-0.2, 0) is 38.3 Å². The van der Waals surface area contributed by atoms with Crippen molar-refractivity contribution in [2.75, 3.05) is 20.8 Å². The van der Waals surface area contributed by atoms with E-state index in [0.29, 0.717) is 35.5 Å². The molecular weight excluding hydrogens is 637 g/mol. The van der Waals surface area contributed by atoms with Gasteiger partial charge in [0, 0.05) is 37.4 Å². The maximum atomic E-state index is 14.4. The molecule has 0 aliphatic carbocycles. The number of benzene rings is 3. The predicted molar refractivity (Wildman–Crippen MR) is 177 cm³/mol. The van der Waals surface area contributed by atoms with Gasteiger partial charge in [0.1, 0.15) is 18.0 Å². The van der Waals surface area contributed by atoms with Crippen LogP contribution in [0.25, 0.3) is 0 Å². The molecule has 3 atom stereocenters. The molecular formula is C35H40N3O9P. The molecule has 2 saturated heterocycles. The van der Waals surface area contributed by atoms with E-state index in [-0.39, 0.29) is 55.8 Å². The number of phosphoric acid groups is 1. The minimum absolute atomic E-state index is 0.0387. The summed E-state index contributed by atoms with van der Waals surface area (Å²) in [5.74, 6) is 0.276. The van der Waals surface area contributed by atoms with Crippen molar-refractivity contribution in [3.63, 3.8) is 0 Å². The van der Waals surface area contributed by atoms with E-state index < -0.39 is 26.1 Å². The lowest BCUT2D eigenvalue weighted by atomic mass is 9.93. The Morgan fingerprint density at radius 1 is 0.979 bits per heavy atom. The van der Waals surface area contributed by atoms with Crippen molar-refractivity contribution in [2.24, 2.45) is 0 Å². The zero-order chi connectivity index (χ0) is 34.4. The highest BCUT2D eigenvalue weighted by Crippen LogP contribution is 2.38. The summed E-state index contributed by atoms with van der Waals surface area (Å²) in [6, 6.07) is 19.7. The highest BCUT2D eigenvalue weighted by Gasteiger charge is 2.51. The van der Waals surface area contributed by atoms with Crippen LogP contribution in [-0.4, -0.2) is 81.2 Å². The molecule has 0 saturated carbocycles. The van der Waals surface area contributed by atoms with Crippen molar-refractivity contribution < 1.29 is 42.7 Å². The fraction of sp³-hybridized carbons (Fsp3) is 0.343. The minimum atomic E-state index is -4.76. The van der Waals surface area contributed by atoms with Crippen molar-refractivity contribution in [2.45, 2.75) is 56.9 Å². The second-order valence-corrected chi connectivity index (χ2v) is 12.9. The van der Waals surface area contributed by atoms with Gasteiger partial charge in [-0.3, -0.25) is 24.2 Å². The number of amides is 3. The summed E-state index contributed by atoms with van der Waals surface area (Å²) < 4.78 is 27.1. The number of piperazine rings is 1. The average Bonchev–Trinajstić information content (AvgIpc) is 3.06. The first-order valence-corrected chi connectivity index (χ1v) is 17.2. The molecule has 2 aliphatic rings. The molecule has 3 aromatic rings. The molecule has 2 N–H and O–H groups in total. The summed E-state index contributed by atoms with van der Waals surface area (Å²) in [5.41, 5.74) is 2.35. The Bertz CT molecular complexity index is 1680. The van der Waals surface area contributed by atoms with Gasteiger partial charge in [0.25, 0.3) is 0 Å². The molecule has 5 rings (SSSR count). The third kappa shape index (κ3) is 7.90. The van der Waals surface area contributed by atoms with Gasteiger partial charge in [-0.2, -0.15) is 0 Å². The van der Waals surface area contributed by atoms with Crippen LogP contribution in [0.2, 0.25) is 0 Å². The van der Waals surface area contributed by atoms with Crippen LogP contribution in [0.15, 0.2) is 85.5 Å². The lowest BCUT2D eigenvalue weighted by Gasteiger charge is -2.55. The van der Waals surface area contributed by atoms with Crippen LogP contribution < -0.4 is 14.0 Å². The zero-order valence-electron chi connectivity index (χ0n) is 26.9. The monoisotopic (exact) mass is 677 g/mol. The molecule has 0 unspecified atom stereocenters. The first kappa shape index (κ1) is 34.7. The first-order chi connectivity index (χ1) is 23.0. The number of carbonyl (C=O) groups excluding carboxylic acids is 3. The first-order valence-electron chi connectivity index (χ1n) is 15.6. The number of fused-ring (bicyclic) bond motifs is 1. The SMILES string of the molecule is C=CC[C@@H]1CC(=O)N2[C@H](CN(Cc3cccc(OC)c3OC)C(=O)[C@@H]2Cc2ccc(OP(=O)(O)O)cc2)N1C(=O)CCc1ccccc1. The van der Waals surface area contributed by atoms with Crippen LogP contribution in [0.1, 0.15) is 36.0 Å². The number of rotatable bonds is 13. The summed E-state index contributed by atoms with van der Waals surface area (Å²) >= 11 is 0. The van der Waals surface area contributed by atoms with Crippen LogP contribution in [0.5, 0.6) is 17.2 Å². The topological polar surface area (TPSA) is 146 Å². The minimum Gasteiger partial charge on any atom is -0.493 e. The van der Waals surface area contributed by atoms with E-state index in [4.69, 9.17) is 9.47 Å². The number of phosphoric ester groups is 1. The van der Waals surface area contributed by atoms with Gasteiger partial charge >= 0.3 is 7.82 Å². The number of hydrogen-bond acceptors (Lipinski definition) is 7. The smallest absolute Gasteiger partial charge is 0.493 e. The molecule has 3 amide bonds. The molecule has 2 heterocycles. The van der Waals surface area contributed by atoms with Crippen molar-refractivity contribution in [1.82, 2.24) is 14.7 Å². The van der Waals surface area contributed by atoms with Crippen molar-refractivity contribution in [3.05, 3.63) is 102 Å². The van der Waals surface area contributed by atoms with Gasteiger partial charge in [-0.15, -0.1) is 6.58 Å². The molecule has 0 aromatic heterocycles. The lowest BCUT2D eigenvalue weighted by molar-refractivity contribution is -0.179. The predicted octanol–water partition coefficient (Wildman–Crippen LogP) is 4.09. The number of hydrogen-bond donors (Lipinski definition) is 2. The third-order valence-corrected chi connectivity index (χ3v) is 9.12. The summed E-state index contributed by atoms with van der Waals surface area (Å²) in [6.07, 6.45) is 2.26. The molecule has 3 aromatic carbocycles. The van der Waals surface area contributed by atoms with Crippen LogP contribution >= 0.6 is 7.82 Å². The molecule has 48 heavy (non-hydrogen) atoms. The maximum absolute atomic E-state index is 14.4. The fourth-order valence-electron chi connectivity index (χ4n) is 6.57. The number of aryl methyl sites for hydroxylation is 1. The Labute approximate surface area is 279 Å². The quantitative estimate of drug-likeness (QED) is 0.202. The van der Waals surface area contributed by atoms with Crippen molar-refractivity contribution in [3.8, 4) is 17.2 Å². The molecule has 12 nitrogen and oxygen atoms in total. The number of ether oxygens (including phenoxy) is 2. The third-order valence-electron chi connectivity index (χ3n) is 8.67. The van der Waals surface area contributed by atoms with Gasteiger partial charge in [0.05, 0.1) is 20.8 Å². The standard InChI is InChI=1S/C35H40N3O9P/c1-4-9-27-21-33(40)38-29(20-25-14-17-28(18-15-25)47-48(42,43)44)35(41)36(22-26-12-8-13-30(45-2)34(26)46-3)23-31(38)37(27)32(39)19-16-24-10-6-5-7-11-24/h4-8,10-15,17-18,27,29,31H,1,9,16,19-23H2,2-3H3,(H2,42,43,44)/t27-,29+,31-/m1/s1. The van der Waals surface area contributed by atoms with Gasteiger partial charge in [-0.05, 0) is 42.2 Å². The van der Waals surface area contributed by atoms with Crippen molar-refractivity contribution >= 4 is 25.5 Å². The van der Waals surface area contributed by atoms with E-state index in [2.05, 4.69) is 11.1 Å². The summed E-state index contributed by atoms with van der Waals surface area (Å²) in [7, 11) is -1.70. The number of carbonyl (C=O) groups is 3. The summed E-state index contributed by atoms with van der Waals surface area (Å²) in [5, 5.41) is 0. The summed E-state index contributed by atoms with van der Waals surface area (Å²) in [4.78, 5) is 65.7. The largest absolute Gasteiger partial charge is 0.524 e. The van der Waals surface area contributed by atoms with Gasteiger partial charge in [0.15, 0.2) is 11.5 Å². The van der Waals surface area contributed by atoms with Crippen molar-refractivity contribution in [1.29, 1.82) is 0 Å². The van der Waals surface area contributed by atoms with Gasteiger partial charge in [-0.25, -0.2) is 4.57 Å². The van der Waals surface area contributed by atoms with Gasteiger partial charge < -0.3 is 28.7 Å². The Hall–Kier alpha value is -4.64. The highest BCUT2D eigenvalue weighted by molar-refractivity contribution is 7.46. The lowest BCUT2D eigenvalue weighted by Crippen LogP contribution is -2.73. The molecule has 254 valence electrons. The van der Waals surface area contributed by atoms with Crippen LogP contribution in [0.3, 0.4) is 0 Å². The number of methoxy groups -OCH3 is 2. The zero-order valence-corrected chi connectivity index (χ0v) is 27.8. The molecule has 0 spiro atoms. The Morgan fingerprint density at radius 3 is 2.35 bits per heavy atom. The van der Waals surface area contributed by atoms with E-state index in [1.165, 1.54) is 26.4 Å². The average molecular weight is 678 g/mol. The van der Waals surface area contributed by atoms with E-state index >= 15 is 0 Å². The maximum Gasteiger partial charge on any atom is 0.524 e. The molecule has 2 aliphatic heterocycles. The van der Waals surface area contributed by atoms with E-state index in [9.17, 15) is 28.7 Å². The Morgan fingerprint density at radius 2 is 1.71 bits per heavy atom. The van der Waals surface area contributed by atoms with E-state index in [1.54, 1.807) is 45.0 Å². The second kappa shape index (κ2) is 15.1. The Kier molecular flexibility index (Phi) is 10.9. The highest BCUT2D eigenvalue weighted by atomic mass is 31.2. The molecule has 0 radical (unpaired) electrons. The van der Waals surface area contributed by atoms with Crippen LogP contribution in [0, 0.1) is 0 Å². The molecule has 0 bridgehead atoms. The molecule has 2 fully saturated rings. The fourth-order valence-corrected chi connectivity index (χ4v) is 6.96. The van der Waals surface area contributed by atoms with E-state index in [1.807, 2.05) is 36.4 Å². The van der Waals surface area contributed by atoms with Gasteiger partial charge in [0.2, 0.25) is 17.7 Å². The van der Waals surface area contributed by atoms with Crippen LogP contribution in [0.4, 0.5) is 0 Å².